The van der Waals surface area contributed by atoms with Gasteiger partial charge in [0.25, 0.3) is 0 Å². The van der Waals surface area contributed by atoms with E-state index < -0.39 is 0 Å². The summed E-state index contributed by atoms with van der Waals surface area (Å²) in [6, 6.07) is 9.44. The van der Waals surface area contributed by atoms with Crippen molar-refractivity contribution in [3.8, 4) is 0 Å². The Kier molecular flexibility index (Phi) is 4.42. The number of benzene rings is 1. The van der Waals surface area contributed by atoms with Crippen LogP contribution in [0, 0.1) is 0 Å². The summed E-state index contributed by atoms with van der Waals surface area (Å²) in [5.74, 6) is 0. The zero-order valence-electron chi connectivity index (χ0n) is 6.71. The summed E-state index contributed by atoms with van der Waals surface area (Å²) in [7, 11) is 0. The van der Waals surface area contributed by atoms with E-state index in [1.54, 1.807) is 0 Å². The summed E-state index contributed by atoms with van der Waals surface area (Å²) in [5.41, 5.74) is 0. The first-order chi connectivity index (χ1) is 6.39. The Morgan fingerprint density at radius 3 is 1.62 bits per heavy atom. The van der Waals surface area contributed by atoms with Gasteiger partial charge in [0.2, 0.25) is 0 Å². The minimum absolute atomic E-state index is 0.794. The Morgan fingerprint density at radius 2 is 1.38 bits per heavy atom. The van der Waals surface area contributed by atoms with Crippen LogP contribution in [-0.2, 0) is 0 Å². The molecule has 4 nitrogen and oxygen atoms in total. The van der Waals surface area contributed by atoms with Crippen LogP contribution < -0.4 is 0 Å². The molecule has 0 aliphatic rings. The SMILES string of the molecule is Clc1ccccc1.c1cnnnn1. The first kappa shape index (κ1) is 9.54. The van der Waals surface area contributed by atoms with Gasteiger partial charge < -0.3 is 0 Å². The van der Waals surface area contributed by atoms with Crippen molar-refractivity contribution in [1.82, 2.24) is 20.6 Å². The summed E-state index contributed by atoms with van der Waals surface area (Å²) < 4.78 is 0. The molecule has 0 amide bonds. The van der Waals surface area contributed by atoms with Crippen LogP contribution in [-0.4, -0.2) is 20.6 Å². The molecule has 1 aromatic heterocycles. The lowest BCUT2D eigenvalue weighted by molar-refractivity contribution is 0.761. The monoisotopic (exact) mass is 194 g/mol. The minimum atomic E-state index is 0.794. The lowest BCUT2D eigenvalue weighted by Gasteiger charge is -1.80. The van der Waals surface area contributed by atoms with E-state index in [4.69, 9.17) is 11.6 Å². The summed E-state index contributed by atoms with van der Waals surface area (Å²) in [6.07, 6.45) is 2.93. The van der Waals surface area contributed by atoms with E-state index in [2.05, 4.69) is 20.6 Å². The van der Waals surface area contributed by atoms with Crippen LogP contribution in [0.5, 0.6) is 0 Å². The molecule has 0 spiro atoms. The highest BCUT2D eigenvalue weighted by Gasteiger charge is 1.74. The third-order valence-corrected chi connectivity index (χ3v) is 1.33. The highest BCUT2D eigenvalue weighted by atomic mass is 35.5. The quantitative estimate of drug-likeness (QED) is 0.640. The van der Waals surface area contributed by atoms with Gasteiger partial charge in [-0.2, -0.15) is 0 Å². The van der Waals surface area contributed by atoms with Crippen molar-refractivity contribution < 1.29 is 0 Å². The van der Waals surface area contributed by atoms with Crippen LogP contribution in [0.4, 0.5) is 0 Å². The Balaban J connectivity index is 0.000000132. The Bertz CT molecular complexity index is 287. The van der Waals surface area contributed by atoms with Crippen molar-refractivity contribution >= 4 is 11.6 Å². The van der Waals surface area contributed by atoms with Crippen molar-refractivity contribution in [3.05, 3.63) is 47.7 Å². The maximum absolute atomic E-state index is 5.54. The molecule has 13 heavy (non-hydrogen) atoms. The molecular weight excluding hydrogens is 188 g/mol. The molecule has 0 saturated heterocycles. The molecule has 0 unspecified atom stereocenters. The van der Waals surface area contributed by atoms with Gasteiger partial charge in [-0.05, 0) is 22.6 Å². The van der Waals surface area contributed by atoms with Gasteiger partial charge in [0.15, 0.2) is 0 Å². The lowest BCUT2D eigenvalue weighted by Crippen LogP contribution is -1.84. The van der Waals surface area contributed by atoms with Crippen LogP contribution >= 0.6 is 11.6 Å². The standard InChI is InChI=1S/C6H5Cl.C2H2N4/c7-6-4-2-1-3-5-6;1-2-4-6-5-3-1/h1-5H;1-2H. The second-order valence-corrected chi connectivity index (χ2v) is 2.44. The fourth-order valence-corrected chi connectivity index (χ4v) is 0.726. The Labute approximate surface area is 80.6 Å². The van der Waals surface area contributed by atoms with E-state index >= 15 is 0 Å². The molecule has 0 fully saturated rings. The highest BCUT2D eigenvalue weighted by molar-refractivity contribution is 6.30. The van der Waals surface area contributed by atoms with Crippen molar-refractivity contribution in [2.75, 3.05) is 0 Å². The molecule has 0 radical (unpaired) electrons. The third-order valence-electron chi connectivity index (χ3n) is 1.08. The molecule has 2 aromatic rings. The fourth-order valence-electron chi connectivity index (χ4n) is 0.580. The van der Waals surface area contributed by atoms with Gasteiger partial charge in [-0.25, -0.2) is 0 Å². The zero-order valence-corrected chi connectivity index (χ0v) is 7.46. The van der Waals surface area contributed by atoms with Crippen molar-refractivity contribution in [1.29, 1.82) is 0 Å². The number of hydrogen-bond donors (Lipinski definition) is 0. The maximum atomic E-state index is 5.54. The smallest absolute Gasteiger partial charge is 0.0716 e. The number of rotatable bonds is 0. The van der Waals surface area contributed by atoms with Crippen molar-refractivity contribution in [2.24, 2.45) is 0 Å². The maximum Gasteiger partial charge on any atom is 0.0716 e. The molecule has 2 rings (SSSR count). The average molecular weight is 195 g/mol. The predicted octanol–water partition coefficient (Wildman–Crippen LogP) is 1.61. The summed E-state index contributed by atoms with van der Waals surface area (Å²) in [5, 5.41) is 13.9. The summed E-state index contributed by atoms with van der Waals surface area (Å²) in [4.78, 5) is 0. The van der Waals surface area contributed by atoms with Crippen LogP contribution in [0.15, 0.2) is 42.7 Å². The van der Waals surface area contributed by atoms with E-state index in [9.17, 15) is 0 Å². The van der Waals surface area contributed by atoms with E-state index in [-0.39, 0.29) is 0 Å². The van der Waals surface area contributed by atoms with Gasteiger partial charge in [-0.3, -0.25) is 0 Å². The van der Waals surface area contributed by atoms with Crippen molar-refractivity contribution in [3.63, 3.8) is 0 Å². The van der Waals surface area contributed by atoms with Gasteiger partial charge >= 0.3 is 0 Å². The Hall–Kier alpha value is -1.55. The van der Waals surface area contributed by atoms with Crippen LogP contribution in [0.1, 0.15) is 0 Å². The van der Waals surface area contributed by atoms with Crippen LogP contribution in [0.3, 0.4) is 0 Å². The molecule has 66 valence electrons. The second kappa shape index (κ2) is 6.02. The molecule has 1 aromatic carbocycles. The van der Waals surface area contributed by atoms with E-state index in [1.807, 2.05) is 30.3 Å². The molecular formula is C8H7ClN4. The molecule has 0 saturated carbocycles. The van der Waals surface area contributed by atoms with Gasteiger partial charge in [0.05, 0.1) is 12.4 Å². The normalized spacial score (nSPS) is 8.38. The van der Waals surface area contributed by atoms with Crippen molar-refractivity contribution in [2.45, 2.75) is 0 Å². The molecule has 0 N–H and O–H groups in total. The number of hydrogen-bond acceptors (Lipinski definition) is 4. The average Bonchev–Trinajstić information content (AvgIpc) is 2.22. The van der Waals surface area contributed by atoms with Crippen LogP contribution in [0.25, 0.3) is 0 Å². The fraction of sp³-hybridized carbons (Fsp3) is 0. The molecule has 0 aliphatic carbocycles. The Morgan fingerprint density at radius 1 is 0.846 bits per heavy atom. The molecule has 0 bridgehead atoms. The molecule has 5 heteroatoms. The number of halogens is 1. The van der Waals surface area contributed by atoms with E-state index in [0.717, 1.165) is 5.02 Å². The second-order valence-electron chi connectivity index (χ2n) is 2.00. The number of aromatic nitrogens is 4. The summed E-state index contributed by atoms with van der Waals surface area (Å²) >= 11 is 5.54. The molecule has 0 atom stereocenters. The van der Waals surface area contributed by atoms with Gasteiger partial charge in [-0.1, -0.05) is 29.8 Å². The highest BCUT2D eigenvalue weighted by Crippen LogP contribution is 2.03. The predicted molar refractivity (Wildman–Crippen MR) is 49.1 cm³/mol. The van der Waals surface area contributed by atoms with Crippen LogP contribution in [0.2, 0.25) is 5.02 Å². The van der Waals surface area contributed by atoms with E-state index in [1.165, 1.54) is 12.4 Å². The van der Waals surface area contributed by atoms with Gasteiger partial charge in [-0.15, -0.1) is 10.2 Å². The van der Waals surface area contributed by atoms with E-state index in [0.29, 0.717) is 0 Å². The summed E-state index contributed by atoms with van der Waals surface area (Å²) in [6.45, 7) is 0. The number of nitrogens with zero attached hydrogens (tertiary/aromatic N) is 4. The first-order valence-corrected chi connectivity index (χ1v) is 3.93. The zero-order chi connectivity index (χ0) is 9.36. The lowest BCUT2D eigenvalue weighted by atomic mass is 10.4. The largest absolute Gasteiger partial charge is 0.136 e. The third kappa shape index (κ3) is 4.81. The molecule has 1 heterocycles. The molecule has 0 aliphatic heterocycles. The minimum Gasteiger partial charge on any atom is -0.136 e. The van der Waals surface area contributed by atoms with Gasteiger partial charge in [0, 0.05) is 5.02 Å². The first-order valence-electron chi connectivity index (χ1n) is 3.55. The van der Waals surface area contributed by atoms with Gasteiger partial charge in [0.1, 0.15) is 0 Å². The topological polar surface area (TPSA) is 51.6 Å².